The summed E-state index contributed by atoms with van der Waals surface area (Å²) in [6.45, 7) is 0.224. The fourth-order valence-corrected chi connectivity index (χ4v) is 3.90. The van der Waals surface area contributed by atoms with Gasteiger partial charge in [-0.15, -0.1) is 5.10 Å². The Hall–Kier alpha value is -3.73. The van der Waals surface area contributed by atoms with Gasteiger partial charge in [-0.1, -0.05) is 36.0 Å². The topological polar surface area (TPSA) is 131 Å². The van der Waals surface area contributed by atoms with Crippen LogP contribution in [0.3, 0.4) is 0 Å². The number of aromatic nitrogens is 6. The van der Waals surface area contributed by atoms with E-state index in [0.717, 1.165) is 11.3 Å². The Labute approximate surface area is 181 Å². The van der Waals surface area contributed by atoms with E-state index in [1.807, 2.05) is 24.3 Å². The largest absolute Gasteiger partial charge is 0.497 e. The van der Waals surface area contributed by atoms with Gasteiger partial charge in [0.1, 0.15) is 18.1 Å². The SMILES string of the molecule is COc1ccc(Cn2nnnc2SCc2nc3ccccc3c(=O)n2CC(N)=O)cc1. The van der Waals surface area contributed by atoms with E-state index in [1.54, 1.807) is 36.1 Å². The molecular weight excluding hydrogens is 418 g/mol. The molecule has 0 saturated heterocycles. The Balaban J connectivity index is 1.59. The first kappa shape index (κ1) is 20.5. The monoisotopic (exact) mass is 437 g/mol. The van der Waals surface area contributed by atoms with Crippen molar-refractivity contribution >= 4 is 28.6 Å². The van der Waals surface area contributed by atoms with Crippen LogP contribution in [0.2, 0.25) is 0 Å². The number of rotatable bonds is 8. The average molecular weight is 437 g/mol. The lowest BCUT2D eigenvalue weighted by Crippen LogP contribution is -2.31. The first-order chi connectivity index (χ1) is 15.0. The predicted octanol–water partition coefficient (Wildman–Crippen LogP) is 1.22. The number of methoxy groups -OCH3 is 1. The molecule has 0 aliphatic carbocycles. The van der Waals surface area contributed by atoms with Gasteiger partial charge in [0, 0.05) is 0 Å². The molecule has 4 aromatic rings. The van der Waals surface area contributed by atoms with E-state index < -0.39 is 5.91 Å². The molecule has 0 bridgehead atoms. The molecule has 0 unspecified atom stereocenters. The third-order valence-electron chi connectivity index (χ3n) is 4.58. The zero-order valence-electron chi connectivity index (χ0n) is 16.6. The van der Waals surface area contributed by atoms with Crippen LogP contribution in [0.1, 0.15) is 11.4 Å². The second-order valence-corrected chi connectivity index (χ2v) is 7.60. The third kappa shape index (κ3) is 4.56. The molecular formula is C20H19N7O3S. The van der Waals surface area contributed by atoms with Gasteiger partial charge in [0.15, 0.2) is 0 Å². The lowest BCUT2D eigenvalue weighted by Gasteiger charge is -2.12. The summed E-state index contributed by atoms with van der Waals surface area (Å²) in [4.78, 5) is 28.9. The summed E-state index contributed by atoms with van der Waals surface area (Å²) in [5.74, 6) is 0.863. The number of primary amides is 1. The number of amides is 1. The van der Waals surface area contributed by atoms with Crippen LogP contribution in [0.5, 0.6) is 5.75 Å². The average Bonchev–Trinajstić information content (AvgIpc) is 3.21. The second kappa shape index (κ2) is 8.96. The number of benzene rings is 2. The zero-order valence-corrected chi connectivity index (χ0v) is 17.5. The maximum absolute atomic E-state index is 12.9. The third-order valence-corrected chi connectivity index (χ3v) is 5.53. The molecule has 11 heteroatoms. The molecule has 158 valence electrons. The van der Waals surface area contributed by atoms with Gasteiger partial charge in [0.05, 0.1) is 30.3 Å². The van der Waals surface area contributed by atoms with Crippen LogP contribution < -0.4 is 16.0 Å². The molecule has 0 aliphatic heterocycles. The maximum Gasteiger partial charge on any atom is 0.261 e. The summed E-state index contributed by atoms with van der Waals surface area (Å²) in [5.41, 5.74) is 6.60. The number of thioether (sulfide) groups is 1. The highest BCUT2D eigenvalue weighted by Gasteiger charge is 2.15. The van der Waals surface area contributed by atoms with E-state index in [0.29, 0.717) is 28.4 Å². The molecule has 2 aromatic carbocycles. The van der Waals surface area contributed by atoms with E-state index in [4.69, 9.17) is 10.5 Å². The summed E-state index contributed by atoms with van der Waals surface area (Å²) >= 11 is 1.32. The molecule has 0 aliphatic rings. The van der Waals surface area contributed by atoms with Crippen molar-refractivity contribution in [1.29, 1.82) is 0 Å². The number of nitrogens with zero attached hydrogens (tertiary/aromatic N) is 6. The Kier molecular flexibility index (Phi) is 5.94. The maximum atomic E-state index is 12.9. The highest BCUT2D eigenvalue weighted by Crippen LogP contribution is 2.21. The van der Waals surface area contributed by atoms with Crippen LogP contribution in [0, 0.1) is 0 Å². The number of ether oxygens (including phenoxy) is 1. The van der Waals surface area contributed by atoms with E-state index >= 15 is 0 Å². The number of tetrazole rings is 1. The van der Waals surface area contributed by atoms with Crippen molar-refractivity contribution in [2.45, 2.75) is 24.0 Å². The zero-order chi connectivity index (χ0) is 21.8. The van der Waals surface area contributed by atoms with Crippen LogP contribution in [0.15, 0.2) is 58.5 Å². The Bertz CT molecular complexity index is 1280. The van der Waals surface area contributed by atoms with Gasteiger partial charge in [-0.3, -0.25) is 14.2 Å². The predicted molar refractivity (Wildman–Crippen MR) is 115 cm³/mol. The minimum Gasteiger partial charge on any atom is -0.497 e. The molecule has 2 N–H and O–H groups in total. The lowest BCUT2D eigenvalue weighted by molar-refractivity contribution is -0.118. The summed E-state index contributed by atoms with van der Waals surface area (Å²) < 4.78 is 8.13. The number of carbonyl (C=O) groups is 1. The van der Waals surface area contributed by atoms with Crippen LogP contribution in [-0.2, 0) is 23.6 Å². The van der Waals surface area contributed by atoms with Crippen molar-refractivity contribution < 1.29 is 9.53 Å². The first-order valence-electron chi connectivity index (χ1n) is 9.34. The van der Waals surface area contributed by atoms with Crippen LogP contribution in [-0.4, -0.2) is 42.8 Å². The molecule has 4 rings (SSSR count). The van der Waals surface area contributed by atoms with E-state index in [9.17, 15) is 9.59 Å². The fraction of sp³-hybridized carbons (Fsp3) is 0.200. The van der Waals surface area contributed by atoms with Crippen LogP contribution in [0.25, 0.3) is 10.9 Å². The van der Waals surface area contributed by atoms with Crippen molar-refractivity contribution in [2.75, 3.05) is 7.11 Å². The van der Waals surface area contributed by atoms with Crippen molar-refractivity contribution in [3.8, 4) is 5.75 Å². The van der Waals surface area contributed by atoms with Gasteiger partial charge in [-0.2, -0.15) is 0 Å². The fourth-order valence-electron chi connectivity index (χ4n) is 3.08. The van der Waals surface area contributed by atoms with Gasteiger partial charge in [0.25, 0.3) is 5.56 Å². The Morgan fingerprint density at radius 1 is 1.16 bits per heavy atom. The molecule has 10 nitrogen and oxygen atoms in total. The number of hydrogen-bond acceptors (Lipinski definition) is 8. The van der Waals surface area contributed by atoms with Gasteiger partial charge in [0.2, 0.25) is 11.1 Å². The smallest absolute Gasteiger partial charge is 0.261 e. The number of carbonyl (C=O) groups excluding carboxylic acids is 1. The van der Waals surface area contributed by atoms with Crippen LogP contribution in [0.4, 0.5) is 0 Å². The van der Waals surface area contributed by atoms with E-state index in [2.05, 4.69) is 20.5 Å². The molecule has 0 saturated carbocycles. The summed E-state index contributed by atoms with van der Waals surface area (Å²) in [6, 6.07) is 14.6. The summed E-state index contributed by atoms with van der Waals surface area (Å²) in [6.07, 6.45) is 0. The Morgan fingerprint density at radius 3 is 2.68 bits per heavy atom. The highest BCUT2D eigenvalue weighted by molar-refractivity contribution is 7.98. The molecule has 0 atom stereocenters. The molecule has 0 spiro atoms. The Morgan fingerprint density at radius 2 is 1.94 bits per heavy atom. The van der Waals surface area contributed by atoms with E-state index in [1.165, 1.54) is 16.3 Å². The van der Waals surface area contributed by atoms with Crippen molar-refractivity contribution in [3.63, 3.8) is 0 Å². The summed E-state index contributed by atoms with van der Waals surface area (Å²) in [5, 5.41) is 12.9. The number of para-hydroxylation sites is 1. The van der Waals surface area contributed by atoms with Crippen LogP contribution >= 0.6 is 11.8 Å². The lowest BCUT2D eigenvalue weighted by atomic mass is 10.2. The molecule has 0 radical (unpaired) electrons. The van der Waals surface area contributed by atoms with Gasteiger partial charge < -0.3 is 10.5 Å². The number of fused-ring (bicyclic) bond motifs is 1. The van der Waals surface area contributed by atoms with Gasteiger partial charge >= 0.3 is 0 Å². The number of nitrogens with two attached hydrogens (primary N) is 1. The first-order valence-corrected chi connectivity index (χ1v) is 10.3. The van der Waals surface area contributed by atoms with Crippen molar-refractivity contribution in [2.24, 2.45) is 5.73 Å². The normalized spacial score (nSPS) is 11.0. The number of hydrogen-bond donors (Lipinski definition) is 1. The quantitative estimate of drug-likeness (QED) is 0.407. The van der Waals surface area contributed by atoms with Gasteiger partial charge in [-0.05, 0) is 40.3 Å². The van der Waals surface area contributed by atoms with Crippen molar-refractivity contribution in [1.82, 2.24) is 29.8 Å². The standard InChI is InChI=1S/C20H19N7O3S/c1-30-14-8-6-13(7-9-14)10-27-20(23-24-25-27)31-12-18-22-16-5-3-2-4-15(16)19(29)26(18)11-17(21)28/h2-9H,10-12H2,1H3,(H2,21,28). The molecule has 1 amide bonds. The van der Waals surface area contributed by atoms with Crippen molar-refractivity contribution in [3.05, 3.63) is 70.3 Å². The molecule has 2 heterocycles. The minimum atomic E-state index is -0.616. The van der Waals surface area contributed by atoms with Gasteiger partial charge in [-0.25, -0.2) is 9.67 Å². The molecule has 31 heavy (non-hydrogen) atoms. The molecule has 2 aromatic heterocycles. The summed E-state index contributed by atoms with van der Waals surface area (Å²) in [7, 11) is 1.61. The molecule has 0 fully saturated rings. The van der Waals surface area contributed by atoms with E-state index in [-0.39, 0.29) is 17.9 Å². The highest BCUT2D eigenvalue weighted by atomic mass is 32.2. The minimum absolute atomic E-state index is 0.247. The second-order valence-electron chi connectivity index (χ2n) is 6.66.